The number of ether oxygens (including phenoxy) is 3. The Hall–Kier alpha value is -2.20. The maximum atomic E-state index is 9.69. The summed E-state index contributed by atoms with van der Waals surface area (Å²) in [6.45, 7) is 0.815. The fourth-order valence-electron chi connectivity index (χ4n) is 2.80. The van der Waals surface area contributed by atoms with E-state index in [0.717, 1.165) is 23.5 Å². The molecule has 0 saturated carbocycles. The molecule has 0 amide bonds. The summed E-state index contributed by atoms with van der Waals surface area (Å²) in [6.07, 6.45) is 0.389. The predicted octanol–water partition coefficient (Wildman–Crippen LogP) is 2.49. The molecule has 2 unspecified atom stereocenters. The number of fused-ring (bicyclic) bond motifs is 2. The van der Waals surface area contributed by atoms with E-state index in [9.17, 15) is 5.11 Å². The molecule has 0 fully saturated rings. The van der Waals surface area contributed by atoms with E-state index < -0.39 is 6.10 Å². The number of aliphatic hydroxyl groups is 1. The Morgan fingerprint density at radius 2 is 2.05 bits per heavy atom. The number of hydrogen-bond acceptors (Lipinski definition) is 4. The SMILES string of the molecule is OC1COc2cc(OCC3Cc4ccccc4O3)ccc21. The van der Waals surface area contributed by atoms with Crippen molar-refractivity contribution in [2.75, 3.05) is 13.2 Å². The number of para-hydroxylation sites is 1. The van der Waals surface area contributed by atoms with Crippen LogP contribution in [0.5, 0.6) is 17.2 Å². The fraction of sp³-hybridized carbons (Fsp3) is 0.294. The summed E-state index contributed by atoms with van der Waals surface area (Å²) in [5, 5.41) is 9.69. The number of benzene rings is 2. The highest BCUT2D eigenvalue weighted by atomic mass is 16.5. The van der Waals surface area contributed by atoms with Crippen LogP contribution in [0, 0.1) is 0 Å². The lowest BCUT2D eigenvalue weighted by molar-refractivity contribution is 0.140. The highest BCUT2D eigenvalue weighted by Crippen LogP contribution is 2.35. The molecule has 0 aliphatic carbocycles. The van der Waals surface area contributed by atoms with E-state index in [-0.39, 0.29) is 6.10 Å². The van der Waals surface area contributed by atoms with Crippen molar-refractivity contribution in [3.63, 3.8) is 0 Å². The maximum Gasteiger partial charge on any atom is 0.137 e. The second-order valence-corrected chi connectivity index (χ2v) is 5.39. The third kappa shape index (κ3) is 2.32. The van der Waals surface area contributed by atoms with Gasteiger partial charge in [-0.25, -0.2) is 0 Å². The van der Waals surface area contributed by atoms with Gasteiger partial charge >= 0.3 is 0 Å². The van der Waals surface area contributed by atoms with Gasteiger partial charge in [0.15, 0.2) is 0 Å². The van der Waals surface area contributed by atoms with Crippen LogP contribution in [0.1, 0.15) is 17.2 Å². The van der Waals surface area contributed by atoms with Crippen molar-refractivity contribution >= 4 is 0 Å². The van der Waals surface area contributed by atoms with E-state index in [0.29, 0.717) is 19.0 Å². The third-order valence-corrected chi connectivity index (χ3v) is 3.89. The molecule has 2 aliphatic heterocycles. The average Bonchev–Trinajstić information content (AvgIpc) is 3.08. The fourth-order valence-corrected chi connectivity index (χ4v) is 2.80. The minimum absolute atomic E-state index is 0.0437. The molecule has 2 heterocycles. The highest BCUT2D eigenvalue weighted by molar-refractivity contribution is 5.44. The van der Waals surface area contributed by atoms with Crippen LogP contribution in [-0.4, -0.2) is 24.4 Å². The highest BCUT2D eigenvalue weighted by Gasteiger charge is 2.24. The summed E-state index contributed by atoms with van der Waals surface area (Å²) in [5.74, 6) is 2.39. The lowest BCUT2D eigenvalue weighted by atomic mass is 10.1. The van der Waals surface area contributed by atoms with Gasteiger partial charge in [0.2, 0.25) is 0 Å². The summed E-state index contributed by atoms with van der Waals surface area (Å²) in [5.41, 5.74) is 2.05. The topological polar surface area (TPSA) is 47.9 Å². The lowest BCUT2D eigenvalue weighted by Crippen LogP contribution is -2.22. The molecule has 1 N–H and O–H groups in total. The van der Waals surface area contributed by atoms with Gasteiger partial charge in [-0.05, 0) is 23.8 Å². The minimum Gasteiger partial charge on any atom is -0.490 e. The molecule has 108 valence electrons. The van der Waals surface area contributed by atoms with Gasteiger partial charge in [0.1, 0.15) is 42.7 Å². The number of aliphatic hydroxyl groups excluding tert-OH is 1. The van der Waals surface area contributed by atoms with Crippen LogP contribution in [-0.2, 0) is 6.42 Å². The molecule has 2 aliphatic rings. The van der Waals surface area contributed by atoms with Gasteiger partial charge in [0.05, 0.1) is 0 Å². The molecule has 4 rings (SSSR count). The molecule has 4 heteroatoms. The minimum atomic E-state index is -0.526. The molecule has 0 bridgehead atoms. The molecule has 0 radical (unpaired) electrons. The van der Waals surface area contributed by atoms with Crippen LogP contribution in [0.15, 0.2) is 42.5 Å². The van der Waals surface area contributed by atoms with Crippen LogP contribution in [0.2, 0.25) is 0 Å². The monoisotopic (exact) mass is 284 g/mol. The van der Waals surface area contributed by atoms with Gasteiger partial charge < -0.3 is 19.3 Å². The summed E-state index contributed by atoms with van der Waals surface area (Å²) in [7, 11) is 0. The Kier molecular flexibility index (Phi) is 2.97. The standard InChI is InChI=1S/C17H16O4/c18-15-10-20-17-8-12(5-6-14(15)17)19-9-13-7-11-3-1-2-4-16(11)21-13/h1-6,8,13,15,18H,7,9-10H2. The Bertz CT molecular complexity index is 643. The van der Waals surface area contributed by atoms with Gasteiger partial charge in [0, 0.05) is 18.1 Å². The molecule has 2 atom stereocenters. The van der Waals surface area contributed by atoms with Crippen molar-refractivity contribution in [3.05, 3.63) is 53.6 Å². The van der Waals surface area contributed by atoms with Gasteiger partial charge in [0.25, 0.3) is 0 Å². The van der Waals surface area contributed by atoms with Crippen molar-refractivity contribution in [2.45, 2.75) is 18.6 Å². The van der Waals surface area contributed by atoms with Crippen molar-refractivity contribution < 1.29 is 19.3 Å². The third-order valence-electron chi connectivity index (χ3n) is 3.89. The Morgan fingerprint density at radius 3 is 2.95 bits per heavy atom. The Balaban J connectivity index is 1.40. The quantitative estimate of drug-likeness (QED) is 0.940. The summed E-state index contributed by atoms with van der Waals surface area (Å²) >= 11 is 0. The summed E-state index contributed by atoms with van der Waals surface area (Å²) < 4.78 is 17.0. The molecule has 4 nitrogen and oxygen atoms in total. The van der Waals surface area contributed by atoms with Crippen LogP contribution in [0.4, 0.5) is 0 Å². The van der Waals surface area contributed by atoms with Crippen molar-refractivity contribution in [1.82, 2.24) is 0 Å². The molecule has 21 heavy (non-hydrogen) atoms. The molecule has 0 saturated heterocycles. The Labute approximate surface area is 122 Å². The van der Waals surface area contributed by atoms with E-state index in [1.54, 1.807) is 0 Å². The van der Waals surface area contributed by atoms with Gasteiger partial charge in [-0.1, -0.05) is 18.2 Å². The zero-order valence-corrected chi connectivity index (χ0v) is 11.5. The van der Waals surface area contributed by atoms with Crippen LogP contribution < -0.4 is 14.2 Å². The molecular weight excluding hydrogens is 268 g/mol. The molecule has 0 aromatic heterocycles. The number of rotatable bonds is 3. The first-order chi connectivity index (χ1) is 10.3. The van der Waals surface area contributed by atoms with E-state index in [2.05, 4.69) is 6.07 Å². The first-order valence-corrected chi connectivity index (χ1v) is 7.12. The zero-order valence-electron chi connectivity index (χ0n) is 11.5. The van der Waals surface area contributed by atoms with Crippen molar-refractivity contribution in [3.8, 4) is 17.2 Å². The van der Waals surface area contributed by atoms with Gasteiger partial charge in [-0.15, -0.1) is 0 Å². The van der Waals surface area contributed by atoms with Gasteiger partial charge in [-0.2, -0.15) is 0 Å². The van der Waals surface area contributed by atoms with E-state index in [1.165, 1.54) is 5.56 Å². The predicted molar refractivity (Wildman–Crippen MR) is 77.0 cm³/mol. The van der Waals surface area contributed by atoms with E-state index >= 15 is 0 Å². The lowest BCUT2D eigenvalue weighted by Gasteiger charge is -2.13. The zero-order chi connectivity index (χ0) is 14.2. The van der Waals surface area contributed by atoms with Crippen LogP contribution >= 0.6 is 0 Å². The average molecular weight is 284 g/mol. The smallest absolute Gasteiger partial charge is 0.137 e. The van der Waals surface area contributed by atoms with E-state index in [1.807, 2.05) is 36.4 Å². The van der Waals surface area contributed by atoms with Crippen molar-refractivity contribution in [2.24, 2.45) is 0 Å². The second-order valence-electron chi connectivity index (χ2n) is 5.39. The van der Waals surface area contributed by atoms with Gasteiger partial charge in [-0.3, -0.25) is 0 Å². The van der Waals surface area contributed by atoms with Crippen molar-refractivity contribution in [1.29, 1.82) is 0 Å². The molecule has 2 aromatic carbocycles. The normalized spacial score (nSPS) is 22.1. The first kappa shape index (κ1) is 12.5. The summed E-state index contributed by atoms with van der Waals surface area (Å²) in [4.78, 5) is 0. The Morgan fingerprint density at radius 1 is 1.14 bits per heavy atom. The van der Waals surface area contributed by atoms with Crippen LogP contribution in [0.25, 0.3) is 0 Å². The second kappa shape index (κ2) is 4.97. The molecule has 0 spiro atoms. The van der Waals surface area contributed by atoms with E-state index in [4.69, 9.17) is 14.2 Å². The maximum absolute atomic E-state index is 9.69. The first-order valence-electron chi connectivity index (χ1n) is 7.12. The number of hydrogen-bond donors (Lipinski definition) is 1. The summed E-state index contributed by atoms with van der Waals surface area (Å²) in [6, 6.07) is 13.6. The largest absolute Gasteiger partial charge is 0.490 e. The molecular formula is C17H16O4. The molecule has 2 aromatic rings. The van der Waals surface area contributed by atoms with Crippen LogP contribution in [0.3, 0.4) is 0 Å².